The van der Waals surface area contributed by atoms with E-state index in [1.54, 1.807) is 71.1 Å². The average molecular weight is 1330 g/mol. The van der Waals surface area contributed by atoms with Gasteiger partial charge in [0.15, 0.2) is 35.7 Å². The zero-order valence-electron chi connectivity index (χ0n) is 54.7. The van der Waals surface area contributed by atoms with Crippen molar-refractivity contribution in [3.63, 3.8) is 0 Å². The highest BCUT2D eigenvalue weighted by Gasteiger charge is 2.39. The number of amides is 2. The van der Waals surface area contributed by atoms with Gasteiger partial charge in [0.2, 0.25) is 0 Å². The second-order valence-corrected chi connectivity index (χ2v) is 23.9. The molecule has 2 unspecified atom stereocenters. The van der Waals surface area contributed by atoms with Crippen LogP contribution in [0.3, 0.4) is 0 Å². The summed E-state index contributed by atoms with van der Waals surface area (Å²) >= 11 is 0. The SMILES string of the molecule is COc1ccc(CN(CCONO)C(=O)N2CCOCC2)cc1.O=C(CC(CCC1C(=O)c2ccccc2C1=O)C(O)O)c1ccc(-c2ccc(OCc3ccccc3)cc2)cc1.O=C(CC(CCc1ccccc1)C(O)O)c1ccc(-c2ccc(OCc3ccccc3)cc2)cc1. The van der Waals surface area contributed by atoms with Crippen LogP contribution in [0, 0.1) is 17.8 Å². The summed E-state index contributed by atoms with van der Waals surface area (Å²) in [6.07, 6.45) is -1.72. The molecule has 6 N–H and O–H groups in total. The highest BCUT2D eigenvalue weighted by Crippen LogP contribution is 2.33. The van der Waals surface area contributed by atoms with E-state index in [2.05, 4.69) is 0 Å². The maximum atomic E-state index is 13.0. The fourth-order valence-corrected chi connectivity index (χ4v) is 11.5. The van der Waals surface area contributed by atoms with Crippen LogP contribution in [-0.2, 0) is 35.8 Å². The number of aliphatic hydroxyl groups excluding tert-OH is 2. The fraction of sp³-hybridized carbons (Fsp3) is 0.263. The van der Waals surface area contributed by atoms with Crippen molar-refractivity contribution in [2.24, 2.45) is 17.8 Å². The number of nitrogens with zero attached hydrogens (tertiary/aromatic N) is 2. The Labute approximate surface area is 571 Å². The molecule has 0 radical (unpaired) electrons. The van der Waals surface area contributed by atoms with Crippen LogP contribution in [0.4, 0.5) is 4.79 Å². The summed E-state index contributed by atoms with van der Waals surface area (Å²) in [5, 5.41) is 47.9. The number of nitrogens with one attached hydrogen (secondary N) is 1. The Morgan fingerprint density at radius 1 is 0.510 bits per heavy atom. The molecular formula is C80H83N3O15. The number of urea groups is 1. The van der Waals surface area contributed by atoms with E-state index in [1.165, 1.54) is 0 Å². The molecule has 2 atom stereocenters. The molecule has 0 bridgehead atoms. The van der Waals surface area contributed by atoms with Crippen LogP contribution in [0.2, 0.25) is 0 Å². The van der Waals surface area contributed by atoms with Gasteiger partial charge in [-0.3, -0.25) is 29.2 Å². The largest absolute Gasteiger partial charge is 0.497 e. The van der Waals surface area contributed by atoms with Crippen molar-refractivity contribution in [1.82, 2.24) is 15.4 Å². The van der Waals surface area contributed by atoms with Gasteiger partial charge in [-0.1, -0.05) is 206 Å². The number of carbonyl (C=O) groups is 5. The first kappa shape index (κ1) is 72.3. The summed E-state index contributed by atoms with van der Waals surface area (Å²) in [5.74, 6) is -0.629. The third-order valence-corrected chi connectivity index (χ3v) is 17.2. The molecular weight excluding hydrogens is 1240 g/mol. The van der Waals surface area contributed by atoms with Gasteiger partial charge in [-0.05, 0) is 107 Å². The molecule has 508 valence electrons. The molecule has 0 saturated carbocycles. The van der Waals surface area contributed by atoms with Crippen LogP contribution < -0.4 is 19.9 Å². The topological polar surface area (TPSA) is 251 Å². The summed E-state index contributed by atoms with van der Waals surface area (Å²) in [5.41, 5.74) is 11.7. The number of morpholine rings is 1. The number of aliphatic hydroxyl groups is 4. The average Bonchev–Trinajstić information content (AvgIpc) is 1.64. The minimum Gasteiger partial charge on any atom is -0.497 e. The normalized spacial score (nSPS) is 13.3. The van der Waals surface area contributed by atoms with Gasteiger partial charge in [0.05, 0.1) is 32.8 Å². The van der Waals surface area contributed by atoms with Crippen molar-refractivity contribution in [3.8, 4) is 39.5 Å². The van der Waals surface area contributed by atoms with Crippen LogP contribution in [-0.4, -0.2) is 124 Å². The van der Waals surface area contributed by atoms with Crippen LogP contribution >= 0.6 is 0 Å². The van der Waals surface area contributed by atoms with E-state index in [0.717, 1.165) is 61.8 Å². The second kappa shape index (κ2) is 37.5. The zero-order valence-corrected chi connectivity index (χ0v) is 54.7. The Bertz CT molecular complexity index is 3890. The molecule has 1 aliphatic carbocycles. The summed E-state index contributed by atoms with van der Waals surface area (Å²) in [6, 6.07) is 74.2. The minimum atomic E-state index is -1.74. The molecule has 9 aromatic carbocycles. The number of fused-ring (bicyclic) bond motifs is 1. The molecule has 18 nitrogen and oxygen atoms in total. The van der Waals surface area contributed by atoms with Gasteiger partial charge >= 0.3 is 6.03 Å². The Morgan fingerprint density at radius 2 is 0.918 bits per heavy atom. The molecule has 9 aromatic rings. The van der Waals surface area contributed by atoms with Gasteiger partial charge in [0.1, 0.15) is 30.5 Å². The van der Waals surface area contributed by atoms with Crippen LogP contribution in [0.5, 0.6) is 17.2 Å². The van der Waals surface area contributed by atoms with Gasteiger partial charge in [-0.2, -0.15) is 0 Å². The number of hydrogen-bond donors (Lipinski definition) is 6. The quantitative estimate of drug-likeness (QED) is 0.00838. The molecule has 98 heavy (non-hydrogen) atoms. The Morgan fingerprint density at radius 3 is 1.35 bits per heavy atom. The van der Waals surface area contributed by atoms with Gasteiger partial charge < -0.3 is 49.2 Å². The van der Waals surface area contributed by atoms with E-state index in [4.69, 9.17) is 29.0 Å². The molecule has 1 heterocycles. The van der Waals surface area contributed by atoms with Crippen LogP contribution in [0.1, 0.15) is 95.8 Å². The summed E-state index contributed by atoms with van der Waals surface area (Å²) in [7, 11) is 1.61. The van der Waals surface area contributed by atoms with E-state index < -0.39 is 30.3 Å². The molecule has 1 aliphatic heterocycles. The molecule has 2 amide bonds. The molecule has 1 fully saturated rings. The van der Waals surface area contributed by atoms with Crippen molar-refractivity contribution in [2.75, 3.05) is 46.6 Å². The lowest BCUT2D eigenvalue weighted by Gasteiger charge is -2.33. The number of rotatable bonds is 29. The number of benzene rings is 9. The van der Waals surface area contributed by atoms with E-state index in [1.807, 2.05) is 188 Å². The maximum absolute atomic E-state index is 13.0. The third kappa shape index (κ3) is 21.5. The molecule has 18 heteroatoms. The molecule has 0 spiro atoms. The van der Waals surface area contributed by atoms with E-state index in [-0.39, 0.29) is 61.5 Å². The number of hydrogen-bond acceptors (Lipinski definition) is 16. The molecule has 1 saturated heterocycles. The number of ketones is 4. The highest BCUT2D eigenvalue weighted by molar-refractivity contribution is 6.26. The van der Waals surface area contributed by atoms with Gasteiger partial charge in [0.25, 0.3) is 0 Å². The van der Waals surface area contributed by atoms with Crippen molar-refractivity contribution in [2.45, 2.75) is 70.9 Å². The molecule has 0 aromatic heterocycles. The van der Waals surface area contributed by atoms with Gasteiger partial charge in [-0.25, -0.2) is 4.79 Å². The maximum Gasteiger partial charge on any atom is 0.320 e. The van der Waals surface area contributed by atoms with Crippen molar-refractivity contribution in [3.05, 3.63) is 281 Å². The van der Waals surface area contributed by atoms with Gasteiger partial charge in [-0.15, -0.1) is 0 Å². The van der Waals surface area contributed by atoms with Crippen LogP contribution in [0.25, 0.3) is 22.3 Å². The Balaban J connectivity index is 0.000000178. The van der Waals surface area contributed by atoms with E-state index in [0.29, 0.717) is 87.7 Å². The predicted molar refractivity (Wildman–Crippen MR) is 371 cm³/mol. The van der Waals surface area contributed by atoms with Crippen molar-refractivity contribution in [1.29, 1.82) is 0 Å². The monoisotopic (exact) mass is 1330 g/mol. The predicted octanol–water partition coefficient (Wildman–Crippen LogP) is 12.8. The first-order chi connectivity index (χ1) is 47.7. The molecule has 2 aliphatic rings. The lowest BCUT2D eigenvalue weighted by molar-refractivity contribution is -0.129. The standard InChI is InChI=1S/C34H30O6.C31H30O4.C15H23N3O5/c35-31(20-26(34(38)39)16-19-30-32(36)28-8-4-5-9-29(28)33(30)37)25-12-10-23(11-13-25)24-14-17-27(18-15-24)40-21-22-6-2-1-3-7-22;32-30(21-28(31(33)34)12-11-23-7-3-1-4-8-23)27-15-13-25(14-16-27)26-17-19-29(20-18-26)35-22-24-9-5-2-6-10-24;1-21-14-4-2-13(3-5-14)12-18(8-11-23-16-20)15(19)17-6-9-22-10-7-17/h1-15,17-18,26,30,34,38-39H,16,19-21H2;1-10,13-20,28,31,33-34H,11-12,21-22H2;2-5,16,20H,6-12H2,1H3. The van der Waals surface area contributed by atoms with E-state index in [9.17, 15) is 44.4 Å². The lowest BCUT2D eigenvalue weighted by Crippen LogP contribution is -2.48. The summed E-state index contributed by atoms with van der Waals surface area (Å²) in [4.78, 5) is 72.0. The van der Waals surface area contributed by atoms with Crippen molar-refractivity contribution >= 4 is 29.2 Å². The number of Topliss-reactive ketones (excluding diaryl/α,β-unsaturated/α-hetero) is 4. The third-order valence-electron chi connectivity index (χ3n) is 17.2. The zero-order chi connectivity index (χ0) is 69.0. The Hall–Kier alpha value is -9.99. The summed E-state index contributed by atoms with van der Waals surface area (Å²) < 4.78 is 22.1. The number of carbonyl (C=O) groups excluding carboxylic acids is 5. The smallest absolute Gasteiger partial charge is 0.320 e. The number of ether oxygens (including phenoxy) is 4. The highest BCUT2D eigenvalue weighted by atomic mass is 16.8. The fourth-order valence-electron chi connectivity index (χ4n) is 11.5. The minimum absolute atomic E-state index is 0.0642. The lowest BCUT2D eigenvalue weighted by atomic mass is 9.88. The number of methoxy groups -OCH3 is 1. The summed E-state index contributed by atoms with van der Waals surface area (Å²) in [6.45, 7) is 4.27. The van der Waals surface area contributed by atoms with E-state index >= 15 is 0 Å². The molecule has 11 rings (SSSR count). The first-order valence-electron chi connectivity index (χ1n) is 32.7. The Kier molecular flexibility index (Phi) is 27.7. The van der Waals surface area contributed by atoms with Gasteiger partial charge in [0, 0.05) is 73.1 Å². The van der Waals surface area contributed by atoms with Crippen LogP contribution in [0.15, 0.2) is 237 Å². The number of aryl methyl sites for hydroxylation is 1. The second-order valence-electron chi connectivity index (χ2n) is 23.9. The van der Waals surface area contributed by atoms with Crippen molar-refractivity contribution < 1.29 is 73.4 Å². The first-order valence-corrected chi connectivity index (χ1v) is 32.7.